The van der Waals surface area contributed by atoms with Gasteiger partial charge in [0.05, 0.1) is 53.0 Å². The smallest absolute Gasteiger partial charge is 0.412 e. The largest absolute Gasteiger partial charge is 0.487 e. The Morgan fingerprint density at radius 2 is 1.93 bits per heavy atom. The number of nitrogens with zero attached hydrogens (tertiary/aromatic N) is 4. The zero-order valence-corrected chi connectivity index (χ0v) is 24.2. The van der Waals surface area contributed by atoms with Gasteiger partial charge < -0.3 is 24.6 Å². The van der Waals surface area contributed by atoms with E-state index in [1.807, 2.05) is 19.1 Å². The molecule has 0 unspecified atom stereocenters. The summed E-state index contributed by atoms with van der Waals surface area (Å²) in [5.41, 5.74) is 3.96. The number of thiazole rings is 1. The highest BCUT2D eigenvalue weighted by atomic mass is 32.1. The van der Waals surface area contributed by atoms with Gasteiger partial charge in [0.25, 0.3) is 5.91 Å². The summed E-state index contributed by atoms with van der Waals surface area (Å²) in [7, 11) is 1.53. The van der Waals surface area contributed by atoms with Crippen LogP contribution in [0.2, 0.25) is 0 Å². The topological polar surface area (TPSA) is 158 Å². The van der Waals surface area contributed by atoms with E-state index in [-0.39, 0.29) is 31.2 Å². The minimum Gasteiger partial charge on any atom is -0.487 e. The number of carbonyl (C=O) groups is 2. The van der Waals surface area contributed by atoms with E-state index in [2.05, 4.69) is 30.6 Å². The molecule has 5 rings (SSSR count). The number of nitrogens with one attached hydrogen (secondary N) is 2. The van der Waals surface area contributed by atoms with Crippen molar-refractivity contribution in [3.63, 3.8) is 0 Å². The van der Waals surface area contributed by atoms with Crippen LogP contribution in [-0.4, -0.2) is 70.0 Å². The lowest BCUT2D eigenvalue weighted by molar-refractivity contribution is 0.0844. The first-order chi connectivity index (χ1) is 20.7. The van der Waals surface area contributed by atoms with Gasteiger partial charge in [-0.2, -0.15) is 0 Å². The number of rotatable bonds is 10. The number of aliphatic hydroxyl groups is 1. The zero-order valence-electron chi connectivity index (χ0n) is 23.4. The number of fused-ring (bicyclic) bond motifs is 2. The van der Waals surface area contributed by atoms with Crippen molar-refractivity contribution in [2.75, 3.05) is 32.2 Å². The predicted octanol–water partition coefficient (Wildman–Crippen LogP) is 4.50. The van der Waals surface area contributed by atoms with Gasteiger partial charge in [0.15, 0.2) is 11.6 Å². The summed E-state index contributed by atoms with van der Waals surface area (Å²) < 4.78 is 31.8. The quantitative estimate of drug-likeness (QED) is 0.207. The van der Waals surface area contributed by atoms with E-state index in [0.29, 0.717) is 37.8 Å². The normalized spacial score (nSPS) is 11.7. The standard InChI is InChI=1S/C29H27FN6O6S/c1-15-8-18(26-22(9-15)35-25(40-3)13-33-26)28-36-21-10-19(30)23(11-24(21)43-28)41-14-16(2)42-29(39)34-17-4-5-20(32-12-17)27(38)31-6-7-37/h4-5,8-13,16,37H,6-7,14H2,1-3H3,(H,31,38)(H,34,39)/t16-/m0/s1. The third-order valence-corrected chi connectivity index (χ3v) is 7.12. The van der Waals surface area contributed by atoms with Crippen molar-refractivity contribution in [3.05, 3.63) is 65.9 Å². The van der Waals surface area contributed by atoms with E-state index in [1.54, 1.807) is 19.2 Å². The fraction of sp³-hybridized carbons (Fsp3) is 0.241. The van der Waals surface area contributed by atoms with Gasteiger partial charge in [0.1, 0.15) is 23.4 Å². The lowest BCUT2D eigenvalue weighted by Crippen LogP contribution is -2.27. The van der Waals surface area contributed by atoms with Gasteiger partial charge >= 0.3 is 6.09 Å². The summed E-state index contributed by atoms with van der Waals surface area (Å²) >= 11 is 1.37. The van der Waals surface area contributed by atoms with Gasteiger partial charge in [-0.15, -0.1) is 11.3 Å². The number of methoxy groups -OCH3 is 1. The number of anilines is 1. The van der Waals surface area contributed by atoms with Gasteiger partial charge in [-0.05, 0) is 43.7 Å². The number of amides is 2. The first kappa shape index (κ1) is 29.5. The molecule has 0 radical (unpaired) electrons. The minimum atomic E-state index is -0.774. The van der Waals surface area contributed by atoms with Gasteiger partial charge in [-0.25, -0.2) is 29.1 Å². The third kappa shape index (κ3) is 6.93. The summed E-state index contributed by atoms with van der Waals surface area (Å²) in [4.78, 5) is 41.7. The summed E-state index contributed by atoms with van der Waals surface area (Å²) in [6.45, 7) is 3.36. The molecule has 0 aliphatic heterocycles. The molecule has 14 heteroatoms. The maximum atomic E-state index is 14.9. The molecule has 43 heavy (non-hydrogen) atoms. The number of carbonyl (C=O) groups excluding carboxylic acids is 2. The highest BCUT2D eigenvalue weighted by molar-refractivity contribution is 7.21. The Balaban J connectivity index is 1.23. The summed E-state index contributed by atoms with van der Waals surface area (Å²) in [6, 6.07) is 9.64. The lowest BCUT2D eigenvalue weighted by Gasteiger charge is -2.15. The van der Waals surface area contributed by atoms with Crippen LogP contribution in [0.4, 0.5) is 14.9 Å². The van der Waals surface area contributed by atoms with Crippen LogP contribution in [0, 0.1) is 12.7 Å². The molecule has 0 saturated carbocycles. The molecule has 0 spiro atoms. The van der Waals surface area contributed by atoms with E-state index in [4.69, 9.17) is 19.3 Å². The van der Waals surface area contributed by atoms with Gasteiger partial charge in [-0.3, -0.25) is 10.1 Å². The van der Waals surface area contributed by atoms with Gasteiger partial charge in [0, 0.05) is 24.2 Å². The predicted molar refractivity (Wildman–Crippen MR) is 158 cm³/mol. The van der Waals surface area contributed by atoms with Crippen molar-refractivity contribution in [2.24, 2.45) is 0 Å². The van der Waals surface area contributed by atoms with Crippen molar-refractivity contribution in [3.8, 4) is 22.2 Å². The van der Waals surface area contributed by atoms with Crippen LogP contribution in [0.15, 0.2) is 48.8 Å². The Bertz CT molecular complexity index is 1800. The maximum Gasteiger partial charge on any atom is 0.412 e. The number of ether oxygens (including phenoxy) is 3. The molecule has 0 aliphatic carbocycles. The minimum absolute atomic E-state index is 0.00329. The fourth-order valence-corrected chi connectivity index (χ4v) is 5.09. The Hall–Kier alpha value is -4.95. The molecule has 2 aromatic carbocycles. The van der Waals surface area contributed by atoms with E-state index >= 15 is 0 Å². The second-order valence-corrected chi connectivity index (χ2v) is 10.5. The van der Waals surface area contributed by atoms with Crippen LogP contribution in [-0.2, 0) is 4.74 Å². The van der Waals surface area contributed by atoms with E-state index in [9.17, 15) is 14.0 Å². The molecule has 5 aromatic rings. The first-order valence-corrected chi connectivity index (χ1v) is 13.9. The number of hydrogen-bond donors (Lipinski definition) is 3. The van der Waals surface area contributed by atoms with Crippen molar-refractivity contribution >= 4 is 50.3 Å². The van der Waals surface area contributed by atoms with Crippen molar-refractivity contribution in [1.82, 2.24) is 25.3 Å². The third-order valence-electron chi connectivity index (χ3n) is 6.07. The SMILES string of the molecule is COc1cnc2c(-c3nc4cc(F)c(OC[C@H](C)OC(=O)Nc5ccc(C(=O)NCCO)nc5)cc4s3)cc(C)cc2n1. The summed E-state index contributed by atoms with van der Waals surface area (Å²) in [5.74, 6) is -0.654. The average Bonchev–Trinajstić information content (AvgIpc) is 3.40. The Labute approximate surface area is 248 Å². The van der Waals surface area contributed by atoms with Crippen LogP contribution in [0.5, 0.6) is 11.6 Å². The van der Waals surface area contributed by atoms with E-state index in [1.165, 1.54) is 42.8 Å². The Kier molecular flexibility index (Phi) is 8.87. The number of aliphatic hydroxyl groups excluding tert-OH is 1. The Morgan fingerprint density at radius 3 is 2.67 bits per heavy atom. The number of hydrogen-bond acceptors (Lipinski definition) is 11. The molecule has 3 N–H and O–H groups in total. The molecule has 1 atom stereocenters. The van der Waals surface area contributed by atoms with Crippen LogP contribution in [0.25, 0.3) is 31.8 Å². The fourth-order valence-electron chi connectivity index (χ4n) is 4.10. The lowest BCUT2D eigenvalue weighted by atomic mass is 10.1. The molecule has 0 saturated heterocycles. The number of aromatic nitrogens is 4. The number of aryl methyl sites for hydroxylation is 1. The monoisotopic (exact) mass is 606 g/mol. The molecule has 0 aliphatic rings. The van der Waals surface area contributed by atoms with Crippen molar-refractivity contribution in [2.45, 2.75) is 20.0 Å². The molecular formula is C29H27FN6O6S. The van der Waals surface area contributed by atoms with Crippen molar-refractivity contribution < 1.29 is 33.3 Å². The molecule has 3 aromatic heterocycles. The highest BCUT2D eigenvalue weighted by Gasteiger charge is 2.17. The molecule has 3 heterocycles. The molecule has 222 valence electrons. The van der Waals surface area contributed by atoms with Gasteiger partial charge in [-0.1, -0.05) is 0 Å². The van der Waals surface area contributed by atoms with Crippen LogP contribution in [0.3, 0.4) is 0 Å². The van der Waals surface area contributed by atoms with Gasteiger partial charge in [0.2, 0.25) is 5.88 Å². The average molecular weight is 607 g/mol. The second-order valence-electron chi connectivity index (χ2n) is 9.43. The molecule has 0 fully saturated rings. The maximum absolute atomic E-state index is 14.9. The van der Waals surface area contributed by atoms with E-state index < -0.39 is 23.9 Å². The van der Waals surface area contributed by atoms with Crippen LogP contribution in [0.1, 0.15) is 23.0 Å². The molecule has 2 amide bonds. The second kappa shape index (κ2) is 12.9. The first-order valence-electron chi connectivity index (χ1n) is 13.1. The molecule has 12 nitrogen and oxygen atoms in total. The number of pyridine rings is 1. The number of benzene rings is 2. The summed E-state index contributed by atoms with van der Waals surface area (Å²) in [6.07, 6.45) is 1.34. The van der Waals surface area contributed by atoms with E-state index in [0.717, 1.165) is 11.1 Å². The molecular weight excluding hydrogens is 579 g/mol. The molecule has 0 bridgehead atoms. The van der Waals surface area contributed by atoms with Crippen LogP contribution >= 0.6 is 11.3 Å². The van der Waals surface area contributed by atoms with Crippen LogP contribution < -0.4 is 20.1 Å². The van der Waals surface area contributed by atoms with Crippen molar-refractivity contribution in [1.29, 1.82) is 0 Å². The number of halogens is 1. The summed E-state index contributed by atoms with van der Waals surface area (Å²) in [5, 5.41) is 14.4. The highest BCUT2D eigenvalue weighted by Crippen LogP contribution is 2.37. The zero-order chi connectivity index (χ0) is 30.5. The Morgan fingerprint density at radius 1 is 1.09 bits per heavy atom.